The second-order valence-corrected chi connectivity index (χ2v) is 10.4. The summed E-state index contributed by atoms with van der Waals surface area (Å²) in [5, 5.41) is 3.16. The summed E-state index contributed by atoms with van der Waals surface area (Å²) in [6, 6.07) is 8.27. The number of para-hydroxylation sites is 1. The molecule has 34 heavy (non-hydrogen) atoms. The number of piperidine rings is 1. The summed E-state index contributed by atoms with van der Waals surface area (Å²) in [7, 11) is 1.32. The predicted octanol–water partition coefficient (Wildman–Crippen LogP) is 4.28. The zero-order valence-corrected chi connectivity index (χ0v) is 21.4. The lowest BCUT2D eigenvalue weighted by Crippen LogP contribution is -2.54. The van der Waals surface area contributed by atoms with Crippen LogP contribution in [-0.4, -0.2) is 78.0 Å². The monoisotopic (exact) mass is 477 g/mol. The lowest BCUT2D eigenvalue weighted by molar-refractivity contribution is -0.142. The minimum atomic E-state index is -0.788. The van der Waals surface area contributed by atoms with Crippen molar-refractivity contribution in [2.45, 2.75) is 77.7 Å². The molecule has 1 atom stereocenters. The van der Waals surface area contributed by atoms with E-state index >= 15 is 0 Å². The second-order valence-electron chi connectivity index (χ2n) is 10.4. The smallest absolute Gasteiger partial charge is 0.410 e. The first kappa shape index (κ1) is 27.3. The maximum atomic E-state index is 13.2. The van der Waals surface area contributed by atoms with Crippen LogP contribution in [0.25, 0.3) is 0 Å². The molecule has 1 saturated heterocycles. The number of carbonyl (C=O) groups is 3. The zero-order valence-electron chi connectivity index (χ0n) is 21.4. The third-order valence-electron chi connectivity index (χ3n) is 5.16. The first-order valence-electron chi connectivity index (χ1n) is 11.7. The van der Waals surface area contributed by atoms with Crippen LogP contribution < -0.4 is 5.32 Å². The van der Waals surface area contributed by atoms with E-state index < -0.39 is 29.3 Å². The molecule has 1 aromatic carbocycles. The molecule has 0 spiro atoms. The summed E-state index contributed by atoms with van der Waals surface area (Å²) in [4.78, 5) is 41.4. The SMILES string of the molecule is COC(=O)[C@H](CN(C(=O)OC(C)(C)C)C1CCN(C(=O)OC(C)(C)C)CC1)Nc1ccccc1. The van der Waals surface area contributed by atoms with Crippen molar-refractivity contribution in [2.75, 3.05) is 32.1 Å². The minimum absolute atomic E-state index is 0.0631. The number of nitrogens with zero attached hydrogens (tertiary/aromatic N) is 2. The fourth-order valence-corrected chi connectivity index (χ4v) is 3.63. The Bertz CT molecular complexity index is 823. The Morgan fingerprint density at radius 1 is 1.00 bits per heavy atom. The van der Waals surface area contributed by atoms with Crippen molar-refractivity contribution in [1.29, 1.82) is 0 Å². The molecule has 1 fully saturated rings. The Morgan fingerprint density at radius 2 is 1.56 bits per heavy atom. The molecule has 0 unspecified atom stereocenters. The van der Waals surface area contributed by atoms with E-state index in [0.29, 0.717) is 25.9 Å². The highest BCUT2D eigenvalue weighted by Crippen LogP contribution is 2.23. The molecule has 0 bridgehead atoms. The fourth-order valence-electron chi connectivity index (χ4n) is 3.63. The topological polar surface area (TPSA) is 97.4 Å². The first-order valence-corrected chi connectivity index (χ1v) is 11.7. The average Bonchev–Trinajstić information content (AvgIpc) is 2.74. The van der Waals surface area contributed by atoms with Gasteiger partial charge in [-0.1, -0.05) is 18.2 Å². The van der Waals surface area contributed by atoms with Crippen LogP contribution in [0.4, 0.5) is 15.3 Å². The molecule has 0 aliphatic carbocycles. The Morgan fingerprint density at radius 3 is 2.06 bits per heavy atom. The Balaban J connectivity index is 2.18. The van der Waals surface area contributed by atoms with E-state index in [1.54, 1.807) is 30.6 Å². The van der Waals surface area contributed by atoms with Gasteiger partial charge in [0.15, 0.2) is 0 Å². The molecule has 9 heteroatoms. The molecule has 190 valence electrons. The number of hydrogen-bond donors (Lipinski definition) is 1. The van der Waals surface area contributed by atoms with Crippen LogP contribution in [0.2, 0.25) is 0 Å². The van der Waals surface area contributed by atoms with Crippen molar-refractivity contribution in [1.82, 2.24) is 9.80 Å². The van der Waals surface area contributed by atoms with Gasteiger partial charge in [-0.3, -0.25) is 0 Å². The summed E-state index contributed by atoms with van der Waals surface area (Å²) in [5.74, 6) is -0.483. The van der Waals surface area contributed by atoms with Crippen molar-refractivity contribution in [3.63, 3.8) is 0 Å². The van der Waals surface area contributed by atoms with Gasteiger partial charge in [-0.2, -0.15) is 0 Å². The van der Waals surface area contributed by atoms with E-state index in [2.05, 4.69) is 5.32 Å². The highest BCUT2D eigenvalue weighted by atomic mass is 16.6. The number of amides is 2. The van der Waals surface area contributed by atoms with Crippen LogP contribution in [0.15, 0.2) is 30.3 Å². The highest BCUT2D eigenvalue weighted by molar-refractivity contribution is 5.80. The van der Waals surface area contributed by atoms with Crippen LogP contribution in [0.3, 0.4) is 0 Å². The van der Waals surface area contributed by atoms with Gasteiger partial charge in [0.2, 0.25) is 0 Å². The summed E-state index contributed by atoms with van der Waals surface area (Å²) in [5.41, 5.74) is -0.533. The molecular formula is C25H39N3O6. The molecule has 1 heterocycles. The first-order chi connectivity index (χ1) is 15.8. The second kappa shape index (κ2) is 11.4. The molecule has 2 rings (SSSR count). The van der Waals surface area contributed by atoms with Gasteiger partial charge < -0.3 is 29.3 Å². The highest BCUT2D eigenvalue weighted by Gasteiger charge is 2.36. The molecule has 1 aliphatic rings. The van der Waals surface area contributed by atoms with Gasteiger partial charge in [0.1, 0.15) is 17.2 Å². The normalized spacial score (nSPS) is 15.8. The number of ether oxygens (including phenoxy) is 3. The number of rotatable bonds is 6. The van der Waals surface area contributed by atoms with E-state index in [-0.39, 0.29) is 18.7 Å². The Hall–Kier alpha value is -2.97. The van der Waals surface area contributed by atoms with Crippen molar-refractivity contribution in [2.24, 2.45) is 0 Å². The molecule has 1 N–H and O–H groups in total. The zero-order chi connectivity index (χ0) is 25.5. The minimum Gasteiger partial charge on any atom is -0.467 e. The maximum Gasteiger partial charge on any atom is 0.410 e. The van der Waals surface area contributed by atoms with E-state index in [9.17, 15) is 14.4 Å². The third-order valence-corrected chi connectivity index (χ3v) is 5.16. The third kappa shape index (κ3) is 8.76. The van der Waals surface area contributed by atoms with Crippen LogP contribution in [0.1, 0.15) is 54.4 Å². The summed E-state index contributed by atoms with van der Waals surface area (Å²) >= 11 is 0. The largest absolute Gasteiger partial charge is 0.467 e. The molecule has 1 aromatic rings. The lowest BCUT2D eigenvalue weighted by atomic mass is 10.0. The van der Waals surface area contributed by atoms with E-state index in [4.69, 9.17) is 14.2 Å². The van der Waals surface area contributed by atoms with E-state index in [1.807, 2.05) is 51.1 Å². The number of carbonyl (C=O) groups excluding carboxylic acids is 3. The van der Waals surface area contributed by atoms with Crippen molar-refractivity contribution >= 4 is 23.8 Å². The van der Waals surface area contributed by atoms with Crippen LogP contribution in [-0.2, 0) is 19.0 Å². The van der Waals surface area contributed by atoms with Gasteiger partial charge in [-0.05, 0) is 66.5 Å². The van der Waals surface area contributed by atoms with E-state index in [1.165, 1.54) is 7.11 Å². The van der Waals surface area contributed by atoms with Crippen LogP contribution in [0, 0.1) is 0 Å². The maximum absolute atomic E-state index is 13.2. The molecule has 9 nitrogen and oxygen atoms in total. The number of benzene rings is 1. The van der Waals surface area contributed by atoms with Gasteiger partial charge in [0, 0.05) is 24.8 Å². The molecule has 2 amide bonds. The number of anilines is 1. The van der Waals surface area contributed by atoms with Gasteiger partial charge in [-0.15, -0.1) is 0 Å². The summed E-state index contributed by atoms with van der Waals surface area (Å²) in [6.45, 7) is 11.8. The number of hydrogen-bond acceptors (Lipinski definition) is 7. The average molecular weight is 478 g/mol. The lowest BCUT2D eigenvalue weighted by Gasteiger charge is -2.40. The standard InChI is InChI=1S/C25H39N3O6/c1-24(2,3)33-22(30)27-15-13-19(14-16-27)28(23(31)34-25(4,5)6)17-20(21(29)32-7)26-18-11-9-8-10-12-18/h8-12,19-20,26H,13-17H2,1-7H3/t20-/m0/s1. The van der Waals surface area contributed by atoms with Crippen LogP contribution >= 0.6 is 0 Å². The molecular weight excluding hydrogens is 438 g/mol. The Kier molecular flexibility index (Phi) is 9.18. The van der Waals surface area contributed by atoms with E-state index in [0.717, 1.165) is 5.69 Å². The van der Waals surface area contributed by atoms with Crippen molar-refractivity contribution in [3.8, 4) is 0 Å². The number of nitrogens with one attached hydrogen (secondary N) is 1. The van der Waals surface area contributed by atoms with Gasteiger partial charge >= 0.3 is 18.2 Å². The predicted molar refractivity (Wildman–Crippen MR) is 130 cm³/mol. The van der Waals surface area contributed by atoms with Crippen molar-refractivity contribution < 1.29 is 28.6 Å². The van der Waals surface area contributed by atoms with Crippen molar-refractivity contribution in [3.05, 3.63) is 30.3 Å². The summed E-state index contributed by atoms with van der Waals surface area (Å²) in [6.07, 6.45) is 0.204. The van der Waals surface area contributed by atoms with Crippen LogP contribution in [0.5, 0.6) is 0 Å². The fraction of sp³-hybridized carbons (Fsp3) is 0.640. The number of likely N-dealkylation sites (tertiary alicyclic amines) is 1. The number of methoxy groups -OCH3 is 1. The number of esters is 1. The summed E-state index contributed by atoms with van der Waals surface area (Å²) < 4.78 is 16.1. The van der Waals surface area contributed by atoms with Gasteiger partial charge in [0.25, 0.3) is 0 Å². The Labute approximate surface area is 202 Å². The molecule has 0 saturated carbocycles. The van der Waals surface area contributed by atoms with Gasteiger partial charge in [0.05, 0.1) is 13.7 Å². The molecule has 0 radical (unpaired) electrons. The molecule has 1 aliphatic heterocycles. The molecule has 0 aromatic heterocycles. The van der Waals surface area contributed by atoms with Gasteiger partial charge in [-0.25, -0.2) is 14.4 Å². The quantitative estimate of drug-likeness (QED) is 0.482.